The number of hydrogen-bond donors (Lipinski definition) is 2. The molecule has 0 fully saturated rings. The second-order valence-corrected chi connectivity index (χ2v) is 6.98. The minimum absolute atomic E-state index is 0.266. The van der Waals surface area contributed by atoms with Crippen molar-refractivity contribution in [3.05, 3.63) is 71.8 Å². The van der Waals surface area contributed by atoms with Gasteiger partial charge in [0.25, 0.3) is 5.97 Å². The summed E-state index contributed by atoms with van der Waals surface area (Å²) in [6.45, 7) is 2.42. The molecule has 0 unspecified atom stereocenters. The van der Waals surface area contributed by atoms with Gasteiger partial charge in [0.1, 0.15) is 11.5 Å². The summed E-state index contributed by atoms with van der Waals surface area (Å²) in [4.78, 5) is 20.2. The third-order valence-electron chi connectivity index (χ3n) is 4.38. The van der Waals surface area contributed by atoms with E-state index in [-0.39, 0.29) is 5.75 Å². The number of carbonyl (C=O) groups is 2. The van der Waals surface area contributed by atoms with Crippen molar-refractivity contribution in [1.29, 1.82) is 0 Å². The number of esters is 1. The van der Waals surface area contributed by atoms with Crippen LogP contribution in [0.3, 0.4) is 0 Å². The average molecular weight is 423 g/mol. The number of halogens is 1. The summed E-state index contributed by atoms with van der Waals surface area (Å²) in [7, 11) is 0. The van der Waals surface area contributed by atoms with Crippen molar-refractivity contribution >= 4 is 45.1 Å². The third kappa shape index (κ3) is 4.36. The van der Waals surface area contributed by atoms with Crippen LogP contribution in [0.1, 0.15) is 13.8 Å². The molecule has 0 radical (unpaired) electrons. The highest BCUT2D eigenvalue weighted by Crippen LogP contribution is 2.43. The van der Waals surface area contributed by atoms with E-state index in [0.29, 0.717) is 10.8 Å². The quantitative estimate of drug-likeness (QED) is 0.234. The van der Waals surface area contributed by atoms with Gasteiger partial charge in [-0.05, 0) is 34.0 Å². The molecule has 0 atom stereocenters. The zero-order valence-electron chi connectivity index (χ0n) is 16.3. The summed E-state index contributed by atoms with van der Waals surface area (Å²) in [5.41, 5.74) is 1.86. The predicted molar refractivity (Wildman–Crippen MR) is 118 cm³/mol. The van der Waals surface area contributed by atoms with E-state index >= 15 is 0 Å². The number of rotatable bonds is 2. The second-order valence-electron chi connectivity index (χ2n) is 6.57. The molecule has 4 aromatic carbocycles. The van der Waals surface area contributed by atoms with Crippen LogP contribution in [0, 0.1) is 0 Å². The van der Waals surface area contributed by atoms with Crippen molar-refractivity contribution in [1.82, 2.24) is 0 Å². The number of carboxylic acid groups (broad SMARTS) is 1. The van der Waals surface area contributed by atoms with Gasteiger partial charge in [-0.1, -0.05) is 66.2 Å². The molecule has 0 aromatic heterocycles. The molecule has 5 nitrogen and oxygen atoms in total. The molecule has 0 spiro atoms. The number of phenolic OH excluding ortho intramolecular Hbond substituents is 1. The largest absolute Gasteiger partial charge is 0.507 e. The van der Waals surface area contributed by atoms with Crippen LogP contribution in [-0.2, 0) is 9.59 Å². The third-order valence-corrected chi connectivity index (χ3v) is 4.67. The Morgan fingerprint density at radius 1 is 0.833 bits per heavy atom. The predicted octanol–water partition coefficient (Wildman–Crippen LogP) is 6.04. The standard InChI is InChI=1S/C22H15ClO3.C2H4O2/c1-13(24)26-20-11-10-14(12-19(20)23)21-15-6-2-4-8-17(15)22(25)18-9-5-3-7-16(18)21;1-2(3)4/h2-12,25H,1H3;1H3,(H,3,4). The molecule has 0 aliphatic carbocycles. The van der Waals surface area contributed by atoms with E-state index in [0.717, 1.165) is 39.6 Å². The van der Waals surface area contributed by atoms with E-state index in [2.05, 4.69) is 0 Å². The maximum atomic E-state index is 11.2. The molecule has 30 heavy (non-hydrogen) atoms. The van der Waals surface area contributed by atoms with Crippen LogP contribution >= 0.6 is 11.6 Å². The molecule has 0 saturated heterocycles. The van der Waals surface area contributed by atoms with E-state index in [4.69, 9.17) is 26.2 Å². The topological polar surface area (TPSA) is 83.8 Å². The Labute approximate surface area is 178 Å². The minimum Gasteiger partial charge on any atom is -0.507 e. The monoisotopic (exact) mass is 422 g/mol. The fourth-order valence-electron chi connectivity index (χ4n) is 3.31. The average Bonchev–Trinajstić information content (AvgIpc) is 2.69. The molecule has 4 rings (SSSR count). The number of aliphatic carboxylic acids is 1. The first-order valence-electron chi connectivity index (χ1n) is 9.10. The number of ether oxygens (including phenoxy) is 1. The number of carboxylic acids is 1. The Kier molecular flexibility index (Phi) is 6.23. The lowest BCUT2D eigenvalue weighted by molar-refractivity contribution is -0.134. The van der Waals surface area contributed by atoms with E-state index in [1.807, 2.05) is 54.6 Å². The molecule has 6 heteroatoms. The van der Waals surface area contributed by atoms with Crippen molar-refractivity contribution in [2.45, 2.75) is 13.8 Å². The van der Waals surface area contributed by atoms with Crippen LogP contribution in [-0.4, -0.2) is 22.2 Å². The van der Waals surface area contributed by atoms with Gasteiger partial charge in [0.15, 0.2) is 0 Å². The number of phenols is 1. The first-order chi connectivity index (χ1) is 14.3. The van der Waals surface area contributed by atoms with Crippen LogP contribution in [0.15, 0.2) is 66.7 Å². The van der Waals surface area contributed by atoms with E-state index < -0.39 is 11.9 Å². The van der Waals surface area contributed by atoms with Gasteiger partial charge in [-0.3, -0.25) is 9.59 Å². The molecule has 152 valence electrons. The number of benzene rings is 4. The molecule has 4 aromatic rings. The highest BCUT2D eigenvalue weighted by atomic mass is 35.5. The molecule has 0 bridgehead atoms. The Morgan fingerprint density at radius 2 is 1.30 bits per heavy atom. The van der Waals surface area contributed by atoms with Crippen LogP contribution in [0.4, 0.5) is 0 Å². The number of aromatic hydroxyl groups is 1. The Balaban J connectivity index is 0.000000589. The lowest BCUT2D eigenvalue weighted by Gasteiger charge is -2.15. The summed E-state index contributed by atoms with van der Waals surface area (Å²) in [6, 6.07) is 20.8. The van der Waals surface area contributed by atoms with Crippen molar-refractivity contribution in [3.63, 3.8) is 0 Å². The summed E-state index contributed by atoms with van der Waals surface area (Å²) >= 11 is 6.33. The van der Waals surface area contributed by atoms with Crippen LogP contribution in [0.2, 0.25) is 5.02 Å². The fourth-order valence-corrected chi connectivity index (χ4v) is 3.53. The molecule has 0 amide bonds. The zero-order chi connectivity index (χ0) is 21.8. The Morgan fingerprint density at radius 3 is 1.73 bits per heavy atom. The van der Waals surface area contributed by atoms with Gasteiger partial charge in [-0.25, -0.2) is 0 Å². The Bertz CT molecular complexity index is 1200. The highest BCUT2D eigenvalue weighted by molar-refractivity contribution is 6.32. The van der Waals surface area contributed by atoms with Gasteiger partial charge in [0.2, 0.25) is 0 Å². The van der Waals surface area contributed by atoms with Gasteiger partial charge < -0.3 is 14.9 Å². The van der Waals surface area contributed by atoms with Gasteiger partial charge >= 0.3 is 5.97 Å². The number of carbonyl (C=O) groups excluding carboxylic acids is 1. The fraction of sp³-hybridized carbons (Fsp3) is 0.0833. The van der Waals surface area contributed by atoms with Crippen LogP contribution in [0.25, 0.3) is 32.7 Å². The maximum absolute atomic E-state index is 11.2. The minimum atomic E-state index is -0.833. The van der Waals surface area contributed by atoms with Crippen molar-refractivity contribution < 1.29 is 24.5 Å². The van der Waals surface area contributed by atoms with E-state index in [1.54, 1.807) is 12.1 Å². The second kappa shape index (κ2) is 8.84. The summed E-state index contributed by atoms with van der Waals surface area (Å²) in [6.07, 6.45) is 0. The summed E-state index contributed by atoms with van der Waals surface area (Å²) in [5, 5.41) is 21.9. The lowest BCUT2D eigenvalue weighted by Crippen LogP contribution is -2.01. The van der Waals surface area contributed by atoms with Crippen molar-refractivity contribution in [2.75, 3.05) is 0 Å². The van der Waals surface area contributed by atoms with E-state index in [9.17, 15) is 9.90 Å². The van der Waals surface area contributed by atoms with E-state index in [1.165, 1.54) is 6.92 Å². The maximum Gasteiger partial charge on any atom is 0.308 e. The number of fused-ring (bicyclic) bond motifs is 2. The normalized spacial score (nSPS) is 10.4. The highest BCUT2D eigenvalue weighted by Gasteiger charge is 2.15. The lowest BCUT2D eigenvalue weighted by atomic mass is 9.91. The zero-order valence-corrected chi connectivity index (χ0v) is 17.1. The summed E-state index contributed by atoms with van der Waals surface area (Å²) in [5.74, 6) is -0.655. The smallest absolute Gasteiger partial charge is 0.308 e. The van der Waals surface area contributed by atoms with Crippen LogP contribution < -0.4 is 4.74 Å². The number of hydrogen-bond acceptors (Lipinski definition) is 4. The molecule has 0 aliphatic rings. The van der Waals surface area contributed by atoms with Gasteiger partial charge in [-0.15, -0.1) is 0 Å². The van der Waals surface area contributed by atoms with Gasteiger partial charge in [0, 0.05) is 24.6 Å². The molecular formula is C24H19ClO5. The molecular weight excluding hydrogens is 404 g/mol. The molecule has 0 aliphatic heterocycles. The van der Waals surface area contributed by atoms with Crippen LogP contribution in [0.5, 0.6) is 11.5 Å². The first kappa shape index (κ1) is 21.1. The molecule has 0 saturated carbocycles. The Hall–Kier alpha value is -3.57. The molecule has 0 heterocycles. The molecule has 2 N–H and O–H groups in total. The first-order valence-corrected chi connectivity index (χ1v) is 9.47. The van der Waals surface area contributed by atoms with Gasteiger partial charge in [-0.2, -0.15) is 0 Å². The van der Waals surface area contributed by atoms with Gasteiger partial charge in [0.05, 0.1) is 5.02 Å². The SMILES string of the molecule is CC(=O)O.CC(=O)Oc1ccc(-c2c3ccccc3c(O)c3ccccc23)cc1Cl. The van der Waals surface area contributed by atoms with Crippen molar-refractivity contribution in [3.8, 4) is 22.6 Å². The summed E-state index contributed by atoms with van der Waals surface area (Å²) < 4.78 is 5.12. The van der Waals surface area contributed by atoms with Crippen molar-refractivity contribution in [2.24, 2.45) is 0 Å².